The summed E-state index contributed by atoms with van der Waals surface area (Å²) in [7, 11) is 0. The number of aromatic nitrogens is 4. The summed E-state index contributed by atoms with van der Waals surface area (Å²) in [6.45, 7) is 2.85. The minimum atomic E-state index is 0.444. The predicted octanol–water partition coefficient (Wildman–Crippen LogP) is 3.13. The molecule has 4 aromatic rings. The second kappa shape index (κ2) is 7.44. The van der Waals surface area contributed by atoms with Gasteiger partial charge in [-0.3, -0.25) is 4.79 Å². The van der Waals surface area contributed by atoms with Crippen LogP contribution in [0.5, 0.6) is 0 Å². The summed E-state index contributed by atoms with van der Waals surface area (Å²) in [5.74, 6) is 1.30. The Hall–Kier alpha value is -3.58. The third-order valence-electron chi connectivity index (χ3n) is 5.03. The molecular formula is C22H19N5O2. The number of carbonyl (C=O) groups is 1. The molecule has 1 aliphatic rings. The molecule has 2 aromatic carbocycles. The van der Waals surface area contributed by atoms with Gasteiger partial charge in [-0.2, -0.15) is 10.1 Å². The molecule has 0 bridgehead atoms. The van der Waals surface area contributed by atoms with Gasteiger partial charge in [0.25, 0.3) is 5.95 Å². The lowest BCUT2D eigenvalue weighted by Crippen LogP contribution is -2.37. The third-order valence-corrected chi connectivity index (χ3v) is 5.03. The fourth-order valence-electron chi connectivity index (χ4n) is 3.54. The minimum Gasteiger partial charge on any atom is -0.378 e. The maximum atomic E-state index is 11.0. The van der Waals surface area contributed by atoms with E-state index in [1.165, 1.54) is 10.9 Å². The molecule has 0 spiro atoms. The summed E-state index contributed by atoms with van der Waals surface area (Å²) < 4.78 is 7.06. The van der Waals surface area contributed by atoms with Crippen molar-refractivity contribution >= 4 is 23.0 Å². The molecule has 0 aliphatic carbocycles. The van der Waals surface area contributed by atoms with Gasteiger partial charge in [0.2, 0.25) is 0 Å². The molecule has 5 rings (SSSR count). The topological polar surface area (TPSA) is 73.1 Å². The maximum absolute atomic E-state index is 11.0. The molecular weight excluding hydrogens is 366 g/mol. The standard InChI is InChI=1S/C22H19N5O2/c28-15-16-13-23-27(14-16)22-24-20-7-6-18(17-4-2-1-3-5-17)12-19(20)21(25-22)26-8-10-29-11-9-26/h1-7,12-15H,8-11H2. The van der Waals surface area contributed by atoms with Crippen molar-refractivity contribution in [2.45, 2.75) is 0 Å². The van der Waals surface area contributed by atoms with Gasteiger partial charge in [0.15, 0.2) is 6.29 Å². The Bertz CT molecular complexity index is 1170. The Balaban J connectivity index is 1.68. The summed E-state index contributed by atoms with van der Waals surface area (Å²) in [5.41, 5.74) is 3.58. The summed E-state index contributed by atoms with van der Waals surface area (Å²) in [6, 6.07) is 16.5. The van der Waals surface area contributed by atoms with Crippen LogP contribution in [-0.4, -0.2) is 52.3 Å². The van der Waals surface area contributed by atoms with Gasteiger partial charge in [0, 0.05) is 24.7 Å². The Morgan fingerprint density at radius 2 is 1.79 bits per heavy atom. The van der Waals surface area contributed by atoms with Crippen LogP contribution in [0.4, 0.5) is 5.82 Å². The van der Waals surface area contributed by atoms with Gasteiger partial charge < -0.3 is 9.64 Å². The fraction of sp³-hybridized carbons (Fsp3) is 0.182. The highest BCUT2D eigenvalue weighted by Gasteiger charge is 2.19. The lowest BCUT2D eigenvalue weighted by atomic mass is 10.0. The normalized spacial score (nSPS) is 14.3. The van der Waals surface area contributed by atoms with Gasteiger partial charge in [-0.15, -0.1) is 0 Å². The molecule has 0 radical (unpaired) electrons. The van der Waals surface area contributed by atoms with E-state index in [1.54, 1.807) is 6.20 Å². The van der Waals surface area contributed by atoms with Gasteiger partial charge >= 0.3 is 0 Å². The monoisotopic (exact) mass is 385 g/mol. The zero-order chi connectivity index (χ0) is 19.6. The van der Waals surface area contributed by atoms with Crippen molar-refractivity contribution in [3.05, 3.63) is 66.5 Å². The van der Waals surface area contributed by atoms with Gasteiger partial charge in [0.1, 0.15) is 5.82 Å². The average molecular weight is 385 g/mol. The van der Waals surface area contributed by atoms with Crippen LogP contribution in [0, 0.1) is 0 Å². The number of rotatable bonds is 4. The van der Waals surface area contributed by atoms with Gasteiger partial charge in [-0.1, -0.05) is 36.4 Å². The summed E-state index contributed by atoms with van der Waals surface area (Å²) in [4.78, 5) is 22.8. The first-order chi connectivity index (χ1) is 14.3. The van der Waals surface area contributed by atoms with Crippen molar-refractivity contribution in [1.29, 1.82) is 0 Å². The molecule has 7 nitrogen and oxygen atoms in total. The summed E-state index contributed by atoms with van der Waals surface area (Å²) in [6.07, 6.45) is 3.91. The van der Waals surface area contributed by atoms with E-state index in [2.05, 4.69) is 34.3 Å². The number of hydrogen-bond donors (Lipinski definition) is 0. The van der Waals surface area contributed by atoms with Gasteiger partial charge in [-0.25, -0.2) is 9.67 Å². The lowest BCUT2D eigenvalue weighted by molar-refractivity contribution is 0.112. The first-order valence-corrected chi connectivity index (χ1v) is 9.52. The highest BCUT2D eigenvalue weighted by molar-refractivity contribution is 5.93. The molecule has 0 N–H and O–H groups in total. The molecule has 29 heavy (non-hydrogen) atoms. The highest BCUT2D eigenvalue weighted by Crippen LogP contribution is 2.30. The molecule has 0 atom stereocenters. The van der Waals surface area contributed by atoms with Crippen LogP contribution in [0.2, 0.25) is 0 Å². The number of benzene rings is 2. The molecule has 3 heterocycles. The van der Waals surface area contributed by atoms with Crippen molar-refractivity contribution in [2.24, 2.45) is 0 Å². The minimum absolute atomic E-state index is 0.444. The van der Waals surface area contributed by atoms with Crippen LogP contribution < -0.4 is 4.90 Å². The van der Waals surface area contributed by atoms with E-state index in [1.807, 2.05) is 24.3 Å². The summed E-state index contributed by atoms with van der Waals surface area (Å²) >= 11 is 0. The Morgan fingerprint density at radius 3 is 2.55 bits per heavy atom. The molecule has 7 heteroatoms. The van der Waals surface area contributed by atoms with Crippen molar-refractivity contribution in [3.8, 4) is 17.1 Å². The second-order valence-electron chi connectivity index (χ2n) is 6.88. The molecule has 2 aromatic heterocycles. The first-order valence-electron chi connectivity index (χ1n) is 9.52. The summed E-state index contributed by atoms with van der Waals surface area (Å²) in [5, 5.41) is 5.22. The Labute approximate surface area is 167 Å². The molecule has 1 fully saturated rings. The zero-order valence-electron chi connectivity index (χ0n) is 15.7. The number of fused-ring (bicyclic) bond motifs is 1. The van der Waals surface area contributed by atoms with E-state index in [4.69, 9.17) is 14.7 Å². The van der Waals surface area contributed by atoms with Crippen molar-refractivity contribution in [2.75, 3.05) is 31.2 Å². The number of nitrogens with zero attached hydrogens (tertiary/aromatic N) is 5. The van der Waals surface area contributed by atoms with E-state index in [0.29, 0.717) is 24.7 Å². The maximum Gasteiger partial charge on any atom is 0.253 e. The Kier molecular flexibility index (Phi) is 4.50. The fourth-order valence-corrected chi connectivity index (χ4v) is 3.54. The number of aldehydes is 1. The van der Waals surface area contributed by atoms with Crippen LogP contribution in [0.3, 0.4) is 0 Å². The van der Waals surface area contributed by atoms with E-state index in [0.717, 1.165) is 47.2 Å². The second-order valence-corrected chi connectivity index (χ2v) is 6.88. The molecule has 0 unspecified atom stereocenters. The van der Waals surface area contributed by atoms with Crippen LogP contribution in [0.15, 0.2) is 60.9 Å². The smallest absolute Gasteiger partial charge is 0.253 e. The zero-order valence-corrected chi connectivity index (χ0v) is 15.7. The SMILES string of the molecule is O=Cc1cnn(-c2nc(N3CCOCC3)c3cc(-c4ccccc4)ccc3n2)c1. The quantitative estimate of drug-likeness (QED) is 0.503. The van der Waals surface area contributed by atoms with Crippen LogP contribution in [0.1, 0.15) is 10.4 Å². The Morgan fingerprint density at radius 1 is 0.966 bits per heavy atom. The van der Waals surface area contributed by atoms with E-state index in [-0.39, 0.29) is 0 Å². The molecule has 1 aliphatic heterocycles. The number of ether oxygens (including phenoxy) is 1. The number of morpholine rings is 1. The van der Waals surface area contributed by atoms with Gasteiger partial charge in [0.05, 0.1) is 30.5 Å². The van der Waals surface area contributed by atoms with Crippen LogP contribution in [-0.2, 0) is 4.74 Å². The largest absolute Gasteiger partial charge is 0.378 e. The molecule has 144 valence electrons. The molecule has 1 saturated heterocycles. The number of anilines is 1. The lowest BCUT2D eigenvalue weighted by Gasteiger charge is -2.29. The van der Waals surface area contributed by atoms with Crippen LogP contribution in [0.25, 0.3) is 28.0 Å². The average Bonchev–Trinajstić information content (AvgIpc) is 3.29. The highest BCUT2D eigenvalue weighted by atomic mass is 16.5. The van der Waals surface area contributed by atoms with Crippen molar-refractivity contribution in [1.82, 2.24) is 19.7 Å². The van der Waals surface area contributed by atoms with Gasteiger partial charge in [-0.05, 0) is 23.3 Å². The predicted molar refractivity (Wildman–Crippen MR) is 111 cm³/mol. The molecule has 0 saturated carbocycles. The molecule has 0 amide bonds. The third kappa shape index (κ3) is 3.36. The number of carbonyl (C=O) groups excluding carboxylic acids is 1. The van der Waals surface area contributed by atoms with E-state index >= 15 is 0 Å². The van der Waals surface area contributed by atoms with E-state index < -0.39 is 0 Å². The van der Waals surface area contributed by atoms with Crippen LogP contribution >= 0.6 is 0 Å². The van der Waals surface area contributed by atoms with Crippen molar-refractivity contribution < 1.29 is 9.53 Å². The number of hydrogen-bond acceptors (Lipinski definition) is 6. The van der Waals surface area contributed by atoms with Crippen molar-refractivity contribution in [3.63, 3.8) is 0 Å². The first kappa shape index (κ1) is 17.5. The van der Waals surface area contributed by atoms with E-state index in [9.17, 15) is 4.79 Å².